The molecule has 0 aromatic heterocycles. The second-order valence-corrected chi connectivity index (χ2v) is 4.57. The molecule has 0 bridgehead atoms. The van der Waals surface area contributed by atoms with Crippen molar-refractivity contribution in [3.63, 3.8) is 0 Å². The summed E-state index contributed by atoms with van der Waals surface area (Å²) >= 11 is 3.36. The third-order valence-electron chi connectivity index (χ3n) is 2.44. The zero-order valence-corrected chi connectivity index (χ0v) is 11.7. The highest BCUT2D eigenvalue weighted by atomic mass is 79.9. The van der Waals surface area contributed by atoms with E-state index in [1.165, 1.54) is 0 Å². The summed E-state index contributed by atoms with van der Waals surface area (Å²) in [4.78, 5) is 13.7. The van der Waals surface area contributed by atoms with Crippen LogP contribution in [0.4, 0.5) is 0 Å². The number of hydrogen-bond donors (Lipinski definition) is 1. The Bertz CT molecular complexity index is 396. The number of hydrogen-bond acceptors (Lipinski definition) is 3. The van der Waals surface area contributed by atoms with Gasteiger partial charge in [0.25, 0.3) is 5.91 Å². The van der Waals surface area contributed by atoms with Gasteiger partial charge in [0.15, 0.2) is 0 Å². The first kappa shape index (κ1) is 14.0. The number of benzene rings is 1. The number of rotatable bonds is 5. The van der Waals surface area contributed by atoms with Gasteiger partial charge in [-0.05, 0) is 47.1 Å². The van der Waals surface area contributed by atoms with Crippen LogP contribution in [-0.4, -0.2) is 38.1 Å². The van der Waals surface area contributed by atoms with Crippen molar-refractivity contribution in [2.24, 2.45) is 5.73 Å². The molecule has 0 aliphatic rings. The second-order valence-electron chi connectivity index (χ2n) is 3.72. The van der Waals surface area contributed by atoms with Crippen molar-refractivity contribution >= 4 is 21.8 Å². The van der Waals surface area contributed by atoms with E-state index < -0.39 is 0 Å². The van der Waals surface area contributed by atoms with Gasteiger partial charge in [-0.1, -0.05) is 0 Å². The lowest BCUT2D eigenvalue weighted by Gasteiger charge is -2.17. The van der Waals surface area contributed by atoms with E-state index in [1.54, 1.807) is 37.3 Å². The van der Waals surface area contributed by atoms with E-state index in [4.69, 9.17) is 10.5 Å². The molecule has 1 aromatic carbocycles. The molecule has 1 aromatic rings. The molecule has 0 spiro atoms. The van der Waals surface area contributed by atoms with Gasteiger partial charge in [0.1, 0.15) is 5.75 Å². The number of halogens is 1. The molecule has 0 heterocycles. The summed E-state index contributed by atoms with van der Waals surface area (Å²) in [7, 11) is 3.37. The molecule has 0 saturated heterocycles. The highest BCUT2D eigenvalue weighted by Gasteiger charge is 2.12. The number of nitrogens with zero attached hydrogens (tertiary/aromatic N) is 1. The molecule has 5 heteroatoms. The van der Waals surface area contributed by atoms with E-state index in [0.29, 0.717) is 24.4 Å². The minimum Gasteiger partial charge on any atom is -0.496 e. The van der Waals surface area contributed by atoms with Crippen LogP contribution in [0.3, 0.4) is 0 Å². The van der Waals surface area contributed by atoms with Crippen LogP contribution in [0.2, 0.25) is 0 Å². The highest BCUT2D eigenvalue weighted by molar-refractivity contribution is 9.10. The van der Waals surface area contributed by atoms with E-state index in [-0.39, 0.29) is 5.91 Å². The maximum absolute atomic E-state index is 12.0. The number of ether oxygens (including phenoxy) is 1. The maximum Gasteiger partial charge on any atom is 0.253 e. The van der Waals surface area contributed by atoms with Crippen molar-refractivity contribution < 1.29 is 9.53 Å². The Hall–Kier alpha value is -1.07. The molecule has 0 saturated carbocycles. The number of methoxy groups -OCH3 is 1. The van der Waals surface area contributed by atoms with Gasteiger partial charge in [0.05, 0.1) is 11.6 Å². The van der Waals surface area contributed by atoms with Gasteiger partial charge < -0.3 is 15.4 Å². The van der Waals surface area contributed by atoms with Crippen LogP contribution < -0.4 is 10.5 Å². The van der Waals surface area contributed by atoms with E-state index >= 15 is 0 Å². The summed E-state index contributed by atoms with van der Waals surface area (Å²) in [5, 5.41) is 0. The van der Waals surface area contributed by atoms with Crippen LogP contribution in [-0.2, 0) is 0 Å². The summed E-state index contributed by atoms with van der Waals surface area (Å²) in [6.07, 6.45) is 0.805. The van der Waals surface area contributed by atoms with Crippen LogP contribution in [0.1, 0.15) is 16.8 Å². The molecular formula is C12H17BrN2O2. The predicted octanol–water partition coefficient (Wildman–Crippen LogP) is 1.88. The van der Waals surface area contributed by atoms with Gasteiger partial charge in [0.2, 0.25) is 0 Å². The minimum atomic E-state index is -0.0122. The van der Waals surface area contributed by atoms with Crippen LogP contribution in [0.25, 0.3) is 0 Å². The molecule has 0 radical (unpaired) electrons. The van der Waals surface area contributed by atoms with Crippen molar-refractivity contribution in [1.82, 2.24) is 4.90 Å². The van der Waals surface area contributed by atoms with Crippen molar-refractivity contribution in [3.8, 4) is 5.75 Å². The van der Waals surface area contributed by atoms with E-state index in [0.717, 1.165) is 10.9 Å². The Morgan fingerprint density at radius 2 is 2.24 bits per heavy atom. The summed E-state index contributed by atoms with van der Waals surface area (Å²) in [5.74, 6) is 0.702. The fourth-order valence-electron chi connectivity index (χ4n) is 1.45. The normalized spacial score (nSPS) is 10.1. The van der Waals surface area contributed by atoms with Gasteiger partial charge in [0, 0.05) is 19.2 Å². The average Bonchev–Trinajstić information content (AvgIpc) is 2.34. The average molecular weight is 301 g/mol. The molecular weight excluding hydrogens is 284 g/mol. The van der Waals surface area contributed by atoms with Gasteiger partial charge >= 0.3 is 0 Å². The van der Waals surface area contributed by atoms with Crippen LogP contribution in [0, 0.1) is 0 Å². The van der Waals surface area contributed by atoms with E-state index in [9.17, 15) is 4.79 Å². The molecule has 94 valence electrons. The first-order chi connectivity index (χ1) is 8.10. The van der Waals surface area contributed by atoms with E-state index in [1.807, 2.05) is 0 Å². The van der Waals surface area contributed by atoms with Crippen molar-refractivity contribution in [2.75, 3.05) is 27.2 Å². The summed E-state index contributed by atoms with van der Waals surface area (Å²) in [6.45, 7) is 1.25. The molecule has 0 aliphatic carbocycles. The first-order valence-electron chi connectivity index (χ1n) is 5.39. The first-order valence-corrected chi connectivity index (χ1v) is 6.18. The number of nitrogens with two attached hydrogens (primary N) is 1. The van der Waals surface area contributed by atoms with Crippen molar-refractivity contribution in [3.05, 3.63) is 28.2 Å². The second kappa shape index (κ2) is 6.61. The van der Waals surface area contributed by atoms with Gasteiger partial charge in [-0.2, -0.15) is 0 Å². The quantitative estimate of drug-likeness (QED) is 0.903. The van der Waals surface area contributed by atoms with Crippen molar-refractivity contribution in [2.45, 2.75) is 6.42 Å². The number of carbonyl (C=O) groups is 1. The maximum atomic E-state index is 12.0. The van der Waals surface area contributed by atoms with Gasteiger partial charge in [-0.3, -0.25) is 4.79 Å². The fourth-order valence-corrected chi connectivity index (χ4v) is 1.99. The van der Waals surface area contributed by atoms with Gasteiger partial charge in [-0.15, -0.1) is 0 Å². The molecule has 0 fully saturated rings. The lowest BCUT2D eigenvalue weighted by molar-refractivity contribution is 0.0794. The largest absolute Gasteiger partial charge is 0.496 e. The lowest BCUT2D eigenvalue weighted by Crippen LogP contribution is -2.28. The molecule has 1 rings (SSSR count). The summed E-state index contributed by atoms with van der Waals surface area (Å²) in [6, 6.07) is 5.29. The molecule has 4 nitrogen and oxygen atoms in total. The van der Waals surface area contributed by atoms with Gasteiger partial charge in [-0.25, -0.2) is 0 Å². The zero-order chi connectivity index (χ0) is 12.8. The highest BCUT2D eigenvalue weighted by Crippen LogP contribution is 2.25. The molecule has 0 atom stereocenters. The Labute approximate surface area is 110 Å². The Morgan fingerprint density at radius 1 is 1.53 bits per heavy atom. The fraction of sp³-hybridized carbons (Fsp3) is 0.417. The summed E-state index contributed by atoms with van der Waals surface area (Å²) < 4.78 is 5.89. The lowest BCUT2D eigenvalue weighted by atomic mass is 10.2. The Balaban J connectivity index is 2.78. The zero-order valence-electron chi connectivity index (χ0n) is 10.1. The standard InChI is InChI=1S/C12H17BrN2O2/c1-15(7-3-6-14)12(16)9-4-5-11(17-2)10(13)8-9/h4-5,8H,3,6-7,14H2,1-2H3. The Kier molecular flexibility index (Phi) is 5.44. The third kappa shape index (κ3) is 3.71. The van der Waals surface area contributed by atoms with E-state index in [2.05, 4.69) is 15.9 Å². The van der Waals surface area contributed by atoms with Crippen molar-refractivity contribution in [1.29, 1.82) is 0 Å². The molecule has 0 aliphatic heterocycles. The minimum absolute atomic E-state index is 0.0122. The molecule has 2 N–H and O–H groups in total. The molecule has 17 heavy (non-hydrogen) atoms. The summed E-state index contributed by atoms with van der Waals surface area (Å²) in [5.41, 5.74) is 6.05. The topological polar surface area (TPSA) is 55.6 Å². The Morgan fingerprint density at radius 3 is 2.76 bits per heavy atom. The van der Waals surface area contributed by atoms with Crippen LogP contribution in [0.15, 0.2) is 22.7 Å². The van der Waals surface area contributed by atoms with Crippen LogP contribution >= 0.6 is 15.9 Å². The monoisotopic (exact) mass is 300 g/mol. The number of carbonyl (C=O) groups excluding carboxylic acids is 1. The smallest absolute Gasteiger partial charge is 0.253 e. The SMILES string of the molecule is COc1ccc(C(=O)N(C)CCCN)cc1Br. The molecule has 0 unspecified atom stereocenters. The molecule has 1 amide bonds. The number of amides is 1. The predicted molar refractivity (Wildman–Crippen MR) is 71.3 cm³/mol. The van der Waals surface area contributed by atoms with Crippen LogP contribution in [0.5, 0.6) is 5.75 Å². The third-order valence-corrected chi connectivity index (χ3v) is 3.06.